The van der Waals surface area contributed by atoms with Gasteiger partial charge in [-0.3, -0.25) is 0 Å². The largest absolute Gasteiger partial charge is 0.477 e. The third-order valence-corrected chi connectivity index (χ3v) is 1.28. The van der Waals surface area contributed by atoms with E-state index < -0.39 is 19.2 Å². The molecule has 0 saturated carbocycles. The van der Waals surface area contributed by atoms with Crippen LogP contribution < -0.4 is 10.5 Å². The minimum atomic E-state index is -4.22. The molecule has 0 fully saturated rings. The van der Waals surface area contributed by atoms with Crippen LogP contribution in [0, 0.1) is 0 Å². The van der Waals surface area contributed by atoms with Gasteiger partial charge >= 0.3 is 6.18 Å². The van der Waals surface area contributed by atoms with Crippen LogP contribution in [-0.2, 0) is 0 Å². The van der Waals surface area contributed by atoms with E-state index in [0.29, 0.717) is 0 Å². The van der Waals surface area contributed by atoms with Gasteiger partial charge in [-0.2, -0.15) is 18.2 Å². The van der Waals surface area contributed by atoms with Crippen LogP contribution in [0.5, 0.6) is 5.88 Å². The Balaban J connectivity index is 2.39. The van der Waals surface area contributed by atoms with Crippen LogP contribution in [0.3, 0.4) is 0 Å². The van der Waals surface area contributed by atoms with Gasteiger partial charge in [0.05, 0.1) is 13.0 Å². The van der Waals surface area contributed by atoms with Gasteiger partial charge in [0.15, 0.2) is 0 Å². The molecule has 0 atom stereocenters. The van der Waals surface area contributed by atoms with Gasteiger partial charge in [-0.1, -0.05) is 0 Å². The number of aromatic nitrogens is 2. The highest BCUT2D eigenvalue weighted by molar-refractivity contribution is 5.20. The second-order valence-corrected chi connectivity index (χ2v) is 2.47. The molecular formula is C7H8F3N3O. The molecular weight excluding hydrogens is 199 g/mol. The molecule has 0 aliphatic carbocycles. The second kappa shape index (κ2) is 4.12. The van der Waals surface area contributed by atoms with Crippen molar-refractivity contribution >= 4 is 5.95 Å². The van der Waals surface area contributed by atoms with Crippen molar-refractivity contribution in [2.45, 2.75) is 12.6 Å². The number of hydrogen-bond acceptors (Lipinski definition) is 4. The molecule has 0 bridgehead atoms. The maximum Gasteiger partial charge on any atom is 0.392 e. The molecule has 14 heavy (non-hydrogen) atoms. The van der Waals surface area contributed by atoms with E-state index >= 15 is 0 Å². The number of hydrogen-bond donors (Lipinski definition) is 1. The number of anilines is 1. The highest BCUT2D eigenvalue weighted by atomic mass is 19.4. The van der Waals surface area contributed by atoms with Crippen molar-refractivity contribution in [2.75, 3.05) is 12.3 Å². The molecule has 0 aliphatic heterocycles. The Morgan fingerprint density at radius 3 is 2.71 bits per heavy atom. The van der Waals surface area contributed by atoms with E-state index in [1.165, 1.54) is 12.3 Å². The molecule has 1 heterocycles. The van der Waals surface area contributed by atoms with Gasteiger partial charge in [0.25, 0.3) is 0 Å². The van der Waals surface area contributed by atoms with Crippen LogP contribution in [0.1, 0.15) is 6.42 Å². The molecule has 0 radical (unpaired) electrons. The number of halogens is 3. The number of nitrogens with two attached hydrogens (primary N) is 1. The van der Waals surface area contributed by atoms with Crippen molar-refractivity contribution < 1.29 is 17.9 Å². The van der Waals surface area contributed by atoms with Gasteiger partial charge in [0, 0.05) is 12.3 Å². The lowest BCUT2D eigenvalue weighted by Crippen LogP contribution is -2.13. The second-order valence-electron chi connectivity index (χ2n) is 2.47. The van der Waals surface area contributed by atoms with E-state index in [1.54, 1.807) is 0 Å². The smallest absolute Gasteiger partial charge is 0.392 e. The Bertz CT molecular complexity index is 302. The van der Waals surface area contributed by atoms with Gasteiger partial charge in [0.2, 0.25) is 11.8 Å². The van der Waals surface area contributed by atoms with Crippen LogP contribution in [0.2, 0.25) is 0 Å². The molecule has 4 nitrogen and oxygen atoms in total. The van der Waals surface area contributed by atoms with E-state index in [1.807, 2.05) is 0 Å². The number of alkyl halides is 3. The summed E-state index contributed by atoms with van der Waals surface area (Å²) in [7, 11) is 0. The van der Waals surface area contributed by atoms with Gasteiger partial charge in [-0.15, -0.1) is 0 Å². The molecule has 1 aromatic heterocycles. The summed E-state index contributed by atoms with van der Waals surface area (Å²) in [6.07, 6.45) is -3.93. The average Bonchev–Trinajstić information content (AvgIpc) is 2.01. The van der Waals surface area contributed by atoms with E-state index in [-0.39, 0.29) is 11.8 Å². The molecule has 0 saturated heterocycles. The van der Waals surface area contributed by atoms with E-state index in [2.05, 4.69) is 9.97 Å². The predicted molar refractivity (Wildman–Crippen MR) is 42.6 cm³/mol. The predicted octanol–water partition coefficient (Wildman–Crippen LogP) is 1.39. The summed E-state index contributed by atoms with van der Waals surface area (Å²) >= 11 is 0. The maximum absolute atomic E-state index is 11.7. The van der Waals surface area contributed by atoms with Crippen LogP contribution in [0.25, 0.3) is 0 Å². The quantitative estimate of drug-likeness (QED) is 0.813. The molecule has 0 aliphatic rings. The first kappa shape index (κ1) is 10.6. The van der Waals surface area contributed by atoms with E-state index in [9.17, 15) is 13.2 Å². The SMILES string of the molecule is Nc1nccc(OCCC(F)(F)F)n1. The minimum absolute atomic E-state index is 0.0329. The highest BCUT2D eigenvalue weighted by Crippen LogP contribution is 2.19. The van der Waals surface area contributed by atoms with Crippen LogP contribution in [0.4, 0.5) is 19.1 Å². The van der Waals surface area contributed by atoms with Crippen LogP contribution in [0.15, 0.2) is 12.3 Å². The lowest BCUT2D eigenvalue weighted by Gasteiger charge is -2.07. The fourth-order valence-electron chi connectivity index (χ4n) is 0.708. The molecule has 0 amide bonds. The van der Waals surface area contributed by atoms with Crippen molar-refractivity contribution in [2.24, 2.45) is 0 Å². The van der Waals surface area contributed by atoms with Gasteiger partial charge in [-0.05, 0) is 0 Å². The zero-order valence-electron chi connectivity index (χ0n) is 7.08. The molecule has 0 spiro atoms. The van der Waals surface area contributed by atoms with Gasteiger partial charge in [-0.25, -0.2) is 4.98 Å². The van der Waals surface area contributed by atoms with Crippen molar-refractivity contribution in [3.63, 3.8) is 0 Å². The van der Waals surface area contributed by atoms with Gasteiger partial charge < -0.3 is 10.5 Å². The van der Waals surface area contributed by atoms with E-state index in [4.69, 9.17) is 10.5 Å². The Labute approximate surface area is 77.9 Å². The Morgan fingerprint density at radius 1 is 1.43 bits per heavy atom. The lowest BCUT2D eigenvalue weighted by atomic mass is 10.4. The summed E-state index contributed by atoms with van der Waals surface area (Å²) in [4.78, 5) is 7.13. The molecule has 78 valence electrons. The van der Waals surface area contributed by atoms with Crippen molar-refractivity contribution in [1.29, 1.82) is 0 Å². The zero-order chi connectivity index (χ0) is 10.6. The fraction of sp³-hybridized carbons (Fsp3) is 0.429. The number of ether oxygens (including phenoxy) is 1. The summed E-state index contributed by atoms with van der Waals surface area (Å²) in [5.74, 6) is 0.0104. The summed E-state index contributed by atoms with van der Waals surface area (Å²) in [5, 5.41) is 0. The third kappa shape index (κ3) is 3.92. The lowest BCUT2D eigenvalue weighted by molar-refractivity contribution is -0.139. The Hall–Kier alpha value is -1.53. The number of nitrogens with zero attached hydrogens (tertiary/aromatic N) is 2. The summed E-state index contributed by atoms with van der Waals surface area (Å²) in [6, 6.07) is 1.34. The van der Waals surface area contributed by atoms with Crippen molar-refractivity contribution in [3.05, 3.63) is 12.3 Å². The first-order chi connectivity index (χ1) is 6.47. The zero-order valence-corrected chi connectivity index (χ0v) is 7.08. The first-order valence-electron chi connectivity index (χ1n) is 3.75. The number of nitrogen functional groups attached to an aromatic ring is 1. The summed E-state index contributed by atoms with van der Waals surface area (Å²) < 4.78 is 39.8. The topological polar surface area (TPSA) is 61.0 Å². The van der Waals surface area contributed by atoms with E-state index in [0.717, 1.165) is 0 Å². The van der Waals surface area contributed by atoms with Crippen molar-refractivity contribution in [1.82, 2.24) is 9.97 Å². The Morgan fingerprint density at radius 2 is 2.14 bits per heavy atom. The average molecular weight is 207 g/mol. The molecule has 1 aromatic rings. The summed E-state index contributed by atoms with van der Waals surface area (Å²) in [5.41, 5.74) is 5.19. The molecule has 1 rings (SSSR count). The van der Waals surface area contributed by atoms with Crippen molar-refractivity contribution in [3.8, 4) is 5.88 Å². The molecule has 7 heteroatoms. The number of rotatable bonds is 3. The normalized spacial score (nSPS) is 11.4. The molecule has 2 N–H and O–H groups in total. The Kier molecular flexibility index (Phi) is 3.10. The monoisotopic (exact) mass is 207 g/mol. The van der Waals surface area contributed by atoms with Gasteiger partial charge in [0.1, 0.15) is 0 Å². The minimum Gasteiger partial charge on any atom is -0.477 e. The summed E-state index contributed by atoms with van der Waals surface area (Å²) in [6.45, 7) is -0.472. The third-order valence-electron chi connectivity index (χ3n) is 1.28. The standard InChI is InChI=1S/C7H8F3N3O/c8-7(9,10)2-4-14-5-1-3-12-6(11)13-5/h1,3H,2,4H2,(H2,11,12,13). The maximum atomic E-state index is 11.7. The van der Waals surface area contributed by atoms with Crippen LogP contribution in [-0.4, -0.2) is 22.8 Å². The highest BCUT2D eigenvalue weighted by Gasteiger charge is 2.26. The fourth-order valence-corrected chi connectivity index (χ4v) is 0.708. The van der Waals surface area contributed by atoms with Crippen LogP contribution >= 0.6 is 0 Å². The molecule has 0 aromatic carbocycles. The molecule has 0 unspecified atom stereocenters. The first-order valence-corrected chi connectivity index (χ1v) is 3.75.